The number of benzene rings is 1. The molecule has 0 aliphatic carbocycles. The molecule has 1 aliphatic rings. The average molecular weight is 330 g/mol. The van der Waals surface area contributed by atoms with Crippen LogP contribution in [-0.4, -0.2) is 33.8 Å². The number of nitrogens with one attached hydrogen (secondary N) is 1. The van der Waals surface area contributed by atoms with Gasteiger partial charge in [-0.3, -0.25) is 14.8 Å². The first-order chi connectivity index (χ1) is 11.4. The van der Waals surface area contributed by atoms with Crippen molar-refractivity contribution >= 4 is 22.9 Å². The fourth-order valence-electron chi connectivity index (χ4n) is 3.24. The molecule has 1 saturated heterocycles. The zero-order valence-electron chi connectivity index (χ0n) is 13.9. The van der Waals surface area contributed by atoms with Gasteiger partial charge in [0.1, 0.15) is 11.5 Å². The number of hydrogen-bond acceptors (Lipinski definition) is 6. The van der Waals surface area contributed by atoms with E-state index < -0.39 is 0 Å². The summed E-state index contributed by atoms with van der Waals surface area (Å²) in [5, 5.41) is 18.9. The SMILES string of the molecule is Cc1cc(N2CCC[C@@H](Nc3cc(N)ccc3[N+](=O)[O-])C2)n(C)n1. The molecule has 1 fully saturated rings. The Bertz CT molecular complexity index is 757. The van der Waals surface area contributed by atoms with Gasteiger partial charge in [0.25, 0.3) is 5.69 Å². The number of nitrogens with two attached hydrogens (primary N) is 1. The van der Waals surface area contributed by atoms with Crippen molar-refractivity contribution in [1.29, 1.82) is 0 Å². The molecule has 2 aromatic rings. The van der Waals surface area contributed by atoms with Gasteiger partial charge in [-0.2, -0.15) is 5.10 Å². The van der Waals surface area contributed by atoms with E-state index in [0.29, 0.717) is 11.4 Å². The minimum absolute atomic E-state index is 0.0534. The highest BCUT2D eigenvalue weighted by atomic mass is 16.6. The Balaban J connectivity index is 1.78. The Kier molecular flexibility index (Phi) is 4.28. The summed E-state index contributed by atoms with van der Waals surface area (Å²) in [4.78, 5) is 13.1. The molecule has 0 radical (unpaired) electrons. The van der Waals surface area contributed by atoms with Crippen molar-refractivity contribution in [3.8, 4) is 0 Å². The van der Waals surface area contributed by atoms with Gasteiger partial charge >= 0.3 is 0 Å². The lowest BCUT2D eigenvalue weighted by atomic mass is 10.0. The molecular weight excluding hydrogens is 308 g/mol. The molecule has 2 heterocycles. The van der Waals surface area contributed by atoms with Crippen LogP contribution in [0.1, 0.15) is 18.5 Å². The van der Waals surface area contributed by atoms with Crippen molar-refractivity contribution in [2.75, 3.05) is 29.0 Å². The molecule has 0 bridgehead atoms. The van der Waals surface area contributed by atoms with Crippen molar-refractivity contribution < 1.29 is 4.92 Å². The van der Waals surface area contributed by atoms with Crippen molar-refractivity contribution in [2.45, 2.75) is 25.8 Å². The van der Waals surface area contributed by atoms with Gasteiger partial charge in [0.15, 0.2) is 0 Å². The van der Waals surface area contributed by atoms with Crippen LogP contribution in [0.25, 0.3) is 0 Å². The molecule has 3 N–H and O–H groups in total. The van der Waals surface area contributed by atoms with Crippen LogP contribution in [0, 0.1) is 17.0 Å². The maximum Gasteiger partial charge on any atom is 0.292 e. The van der Waals surface area contributed by atoms with Crippen LogP contribution in [-0.2, 0) is 7.05 Å². The van der Waals surface area contributed by atoms with Crippen LogP contribution in [0.15, 0.2) is 24.3 Å². The number of piperidine rings is 1. The van der Waals surface area contributed by atoms with Crippen LogP contribution in [0.5, 0.6) is 0 Å². The minimum atomic E-state index is -0.382. The number of hydrogen-bond donors (Lipinski definition) is 2. The fourth-order valence-corrected chi connectivity index (χ4v) is 3.24. The summed E-state index contributed by atoms with van der Waals surface area (Å²) in [5.74, 6) is 1.07. The van der Waals surface area contributed by atoms with E-state index in [0.717, 1.165) is 37.4 Å². The molecule has 1 aromatic carbocycles. The first kappa shape index (κ1) is 16.1. The van der Waals surface area contributed by atoms with Crippen LogP contribution in [0.4, 0.5) is 22.9 Å². The third kappa shape index (κ3) is 3.27. The summed E-state index contributed by atoms with van der Waals surface area (Å²) in [6, 6.07) is 6.81. The van der Waals surface area contributed by atoms with Crippen LogP contribution in [0.3, 0.4) is 0 Å². The van der Waals surface area contributed by atoms with Gasteiger partial charge in [0.05, 0.1) is 10.6 Å². The molecule has 8 nitrogen and oxygen atoms in total. The predicted octanol–water partition coefficient (Wildman–Crippen LogP) is 2.30. The van der Waals surface area contributed by atoms with Crippen molar-refractivity contribution in [3.05, 3.63) is 40.1 Å². The number of nitro benzene ring substituents is 1. The Morgan fingerprint density at radius 3 is 2.88 bits per heavy atom. The average Bonchev–Trinajstić information content (AvgIpc) is 2.86. The van der Waals surface area contributed by atoms with Gasteiger partial charge in [0.2, 0.25) is 0 Å². The van der Waals surface area contributed by atoms with Gasteiger partial charge in [-0.05, 0) is 31.9 Å². The molecule has 1 aliphatic heterocycles. The lowest BCUT2D eigenvalue weighted by Crippen LogP contribution is -2.43. The van der Waals surface area contributed by atoms with E-state index >= 15 is 0 Å². The number of nitrogen functional groups attached to an aromatic ring is 1. The van der Waals surface area contributed by atoms with Gasteiger partial charge in [-0.25, -0.2) is 0 Å². The zero-order chi connectivity index (χ0) is 17.3. The lowest BCUT2D eigenvalue weighted by molar-refractivity contribution is -0.384. The second kappa shape index (κ2) is 6.38. The number of nitrogens with zero attached hydrogens (tertiary/aromatic N) is 4. The number of nitro groups is 1. The van der Waals surface area contributed by atoms with E-state index in [9.17, 15) is 10.1 Å². The molecule has 128 valence electrons. The number of rotatable bonds is 4. The van der Waals surface area contributed by atoms with Gasteiger partial charge in [-0.1, -0.05) is 0 Å². The smallest absolute Gasteiger partial charge is 0.292 e. The lowest BCUT2D eigenvalue weighted by Gasteiger charge is -2.34. The molecule has 1 atom stereocenters. The van der Waals surface area contributed by atoms with Crippen molar-refractivity contribution in [2.24, 2.45) is 7.05 Å². The number of aryl methyl sites for hydroxylation is 2. The molecule has 3 rings (SSSR count). The third-order valence-electron chi connectivity index (χ3n) is 4.30. The quantitative estimate of drug-likeness (QED) is 0.506. The summed E-state index contributed by atoms with van der Waals surface area (Å²) in [5.41, 5.74) is 7.81. The molecule has 0 amide bonds. The monoisotopic (exact) mass is 330 g/mol. The van der Waals surface area contributed by atoms with Crippen LogP contribution >= 0.6 is 0 Å². The highest BCUT2D eigenvalue weighted by molar-refractivity contribution is 5.67. The molecule has 0 unspecified atom stereocenters. The first-order valence-corrected chi connectivity index (χ1v) is 8.00. The molecule has 24 heavy (non-hydrogen) atoms. The van der Waals surface area contributed by atoms with E-state index in [2.05, 4.69) is 21.4 Å². The third-order valence-corrected chi connectivity index (χ3v) is 4.30. The second-order valence-corrected chi connectivity index (χ2v) is 6.23. The van der Waals surface area contributed by atoms with E-state index in [1.165, 1.54) is 6.07 Å². The summed E-state index contributed by atoms with van der Waals surface area (Å²) >= 11 is 0. The Morgan fingerprint density at radius 2 is 2.21 bits per heavy atom. The van der Waals surface area contributed by atoms with Crippen molar-refractivity contribution in [3.63, 3.8) is 0 Å². The summed E-state index contributed by atoms with van der Waals surface area (Å²) in [6.45, 7) is 3.69. The Morgan fingerprint density at radius 1 is 1.42 bits per heavy atom. The number of aromatic nitrogens is 2. The Labute approximate surface area is 140 Å². The largest absolute Gasteiger partial charge is 0.399 e. The van der Waals surface area contributed by atoms with Crippen molar-refractivity contribution in [1.82, 2.24) is 9.78 Å². The fraction of sp³-hybridized carbons (Fsp3) is 0.438. The van der Waals surface area contributed by atoms with Crippen LogP contribution in [0.2, 0.25) is 0 Å². The molecule has 1 aromatic heterocycles. The summed E-state index contributed by atoms with van der Waals surface area (Å²) in [7, 11) is 1.93. The number of anilines is 3. The molecule has 8 heteroatoms. The maximum atomic E-state index is 11.2. The minimum Gasteiger partial charge on any atom is -0.399 e. The highest BCUT2D eigenvalue weighted by Gasteiger charge is 2.24. The van der Waals surface area contributed by atoms with E-state index in [-0.39, 0.29) is 16.7 Å². The summed E-state index contributed by atoms with van der Waals surface area (Å²) in [6.07, 6.45) is 1.97. The topological polar surface area (TPSA) is 102 Å². The predicted molar refractivity (Wildman–Crippen MR) is 94.3 cm³/mol. The molecule has 0 spiro atoms. The second-order valence-electron chi connectivity index (χ2n) is 6.23. The summed E-state index contributed by atoms with van der Waals surface area (Å²) < 4.78 is 1.88. The van der Waals surface area contributed by atoms with E-state index in [1.54, 1.807) is 12.1 Å². The molecular formula is C16H22N6O2. The first-order valence-electron chi connectivity index (χ1n) is 8.00. The van der Waals surface area contributed by atoms with Gasteiger partial charge < -0.3 is 16.0 Å². The van der Waals surface area contributed by atoms with E-state index in [4.69, 9.17) is 5.73 Å². The normalized spacial score (nSPS) is 17.8. The zero-order valence-corrected chi connectivity index (χ0v) is 13.9. The van der Waals surface area contributed by atoms with Gasteiger partial charge in [0, 0.05) is 44.0 Å². The van der Waals surface area contributed by atoms with Gasteiger partial charge in [-0.15, -0.1) is 0 Å². The van der Waals surface area contributed by atoms with E-state index in [1.807, 2.05) is 18.7 Å². The van der Waals surface area contributed by atoms with Crippen LogP contribution < -0.4 is 16.0 Å². The maximum absolute atomic E-state index is 11.2. The molecule has 0 saturated carbocycles. The highest BCUT2D eigenvalue weighted by Crippen LogP contribution is 2.29. The Hall–Kier alpha value is -2.77. The standard InChI is InChI=1S/C16H22N6O2/c1-11-8-16(20(2)19-11)21-7-3-4-13(10-21)18-14-9-12(17)5-6-15(14)22(23)24/h5-6,8-9,13,18H,3-4,7,10,17H2,1-2H3/t13-/m1/s1.